The maximum Gasteiger partial charge on any atom is 0.248 e. The molecule has 0 aliphatic heterocycles. The van der Waals surface area contributed by atoms with Crippen molar-refractivity contribution in [3.05, 3.63) is 40.7 Å². The summed E-state index contributed by atoms with van der Waals surface area (Å²) >= 11 is 1.36. The Labute approximate surface area is 158 Å². The SMILES string of the molecule is CN(SC(=O)CCCOc1ccc2[nH]c(=O)ccc2c1)C1CCCCC1. The third-order valence-electron chi connectivity index (χ3n) is 4.82. The number of H-pyrrole nitrogens is 1. The molecule has 1 aromatic heterocycles. The summed E-state index contributed by atoms with van der Waals surface area (Å²) in [6, 6.07) is 9.40. The Morgan fingerprint density at radius 1 is 1.23 bits per heavy atom. The maximum absolute atomic E-state index is 12.1. The molecule has 0 saturated heterocycles. The zero-order chi connectivity index (χ0) is 18.4. The lowest BCUT2D eigenvalue weighted by Crippen LogP contribution is -2.29. The van der Waals surface area contributed by atoms with E-state index in [-0.39, 0.29) is 10.7 Å². The molecule has 1 aromatic carbocycles. The van der Waals surface area contributed by atoms with Gasteiger partial charge in [0.15, 0.2) is 0 Å². The number of benzene rings is 1. The summed E-state index contributed by atoms with van der Waals surface area (Å²) in [5, 5.41) is 1.14. The van der Waals surface area contributed by atoms with Crippen molar-refractivity contribution in [1.29, 1.82) is 0 Å². The second-order valence-corrected chi connectivity index (χ2v) is 8.04. The number of nitrogens with one attached hydrogen (secondary N) is 1. The quantitative estimate of drug-likeness (QED) is 0.583. The number of carbonyl (C=O) groups excluding carboxylic acids is 1. The summed E-state index contributed by atoms with van der Waals surface area (Å²) in [7, 11) is 2.04. The molecule has 1 heterocycles. The summed E-state index contributed by atoms with van der Waals surface area (Å²) < 4.78 is 7.89. The molecule has 5 nitrogen and oxygen atoms in total. The highest BCUT2D eigenvalue weighted by Gasteiger charge is 2.20. The van der Waals surface area contributed by atoms with Crippen LogP contribution < -0.4 is 10.3 Å². The minimum Gasteiger partial charge on any atom is -0.494 e. The van der Waals surface area contributed by atoms with Crippen LogP contribution in [0.1, 0.15) is 44.9 Å². The van der Waals surface area contributed by atoms with Crippen LogP contribution in [0.2, 0.25) is 0 Å². The first-order chi connectivity index (χ1) is 12.6. The summed E-state index contributed by atoms with van der Waals surface area (Å²) in [5.41, 5.74) is 0.683. The van der Waals surface area contributed by atoms with Crippen molar-refractivity contribution in [2.75, 3.05) is 13.7 Å². The molecule has 3 rings (SSSR count). The van der Waals surface area contributed by atoms with E-state index in [9.17, 15) is 9.59 Å². The fourth-order valence-electron chi connectivity index (χ4n) is 3.35. The van der Waals surface area contributed by atoms with E-state index in [2.05, 4.69) is 9.29 Å². The molecule has 0 amide bonds. The van der Waals surface area contributed by atoms with Crippen LogP contribution in [-0.2, 0) is 4.79 Å². The summed E-state index contributed by atoms with van der Waals surface area (Å²) in [6.45, 7) is 0.508. The number of hydrogen-bond donors (Lipinski definition) is 1. The van der Waals surface area contributed by atoms with Gasteiger partial charge in [-0.1, -0.05) is 19.3 Å². The number of aromatic amines is 1. The largest absolute Gasteiger partial charge is 0.494 e. The van der Waals surface area contributed by atoms with Gasteiger partial charge in [0.2, 0.25) is 10.7 Å². The van der Waals surface area contributed by atoms with Gasteiger partial charge in [0, 0.05) is 29.4 Å². The van der Waals surface area contributed by atoms with Crippen molar-refractivity contribution in [3.63, 3.8) is 0 Å². The molecule has 26 heavy (non-hydrogen) atoms. The number of fused-ring (bicyclic) bond motifs is 1. The molecular formula is C20H26N2O3S. The van der Waals surface area contributed by atoms with Crippen LogP contribution >= 0.6 is 11.9 Å². The Kier molecular flexibility index (Phi) is 6.74. The third kappa shape index (κ3) is 5.35. The fraction of sp³-hybridized carbons (Fsp3) is 0.500. The first-order valence-corrected chi connectivity index (χ1v) is 10.1. The van der Waals surface area contributed by atoms with Gasteiger partial charge in [-0.25, -0.2) is 4.31 Å². The average Bonchev–Trinajstić information content (AvgIpc) is 2.66. The van der Waals surface area contributed by atoms with E-state index in [0.717, 1.165) is 16.7 Å². The van der Waals surface area contributed by atoms with Gasteiger partial charge < -0.3 is 9.72 Å². The molecule has 1 fully saturated rings. The van der Waals surface area contributed by atoms with E-state index in [4.69, 9.17) is 4.74 Å². The molecule has 0 atom stereocenters. The number of carbonyl (C=O) groups is 1. The monoisotopic (exact) mass is 374 g/mol. The van der Waals surface area contributed by atoms with Gasteiger partial charge in [-0.2, -0.15) is 0 Å². The number of aromatic nitrogens is 1. The Hall–Kier alpha value is -1.79. The van der Waals surface area contributed by atoms with E-state index in [1.165, 1.54) is 50.1 Å². The van der Waals surface area contributed by atoms with Crippen molar-refractivity contribution < 1.29 is 9.53 Å². The highest BCUT2D eigenvalue weighted by Crippen LogP contribution is 2.27. The molecule has 140 valence electrons. The van der Waals surface area contributed by atoms with E-state index in [1.807, 2.05) is 25.2 Å². The lowest BCUT2D eigenvalue weighted by Gasteiger charge is -2.29. The van der Waals surface area contributed by atoms with Crippen LogP contribution in [-0.4, -0.2) is 34.1 Å². The Balaban J connectivity index is 1.40. The van der Waals surface area contributed by atoms with Gasteiger partial charge in [-0.05, 0) is 62.5 Å². The molecule has 0 spiro atoms. The summed E-state index contributed by atoms with van der Waals surface area (Å²) in [6.07, 6.45) is 7.50. The first-order valence-electron chi connectivity index (χ1n) is 9.31. The zero-order valence-electron chi connectivity index (χ0n) is 15.2. The van der Waals surface area contributed by atoms with E-state index >= 15 is 0 Å². The average molecular weight is 375 g/mol. The van der Waals surface area contributed by atoms with Gasteiger partial charge in [0.25, 0.3) is 0 Å². The third-order valence-corrected chi connectivity index (χ3v) is 5.82. The van der Waals surface area contributed by atoms with Gasteiger partial charge in [0.05, 0.1) is 6.61 Å². The molecule has 0 bridgehead atoms. The number of nitrogens with zero attached hydrogens (tertiary/aromatic N) is 1. The second kappa shape index (κ2) is 9.24. The first kappa shape index (κ1) is 19.0. The van der Waals surface area contributed by atoms with Gasteiger partial charge >= 0.3 is 0 Å². The number of rotatable bonds is 7. The van der Waals surface area contributed by atoms with Gasteiger partial charge in [0.1, 0.15) is 5.75 Å². The van der Waals surface area contributed by atoms with E-state index < -0.39 is 0 Å². The number of pyridine rings is 1. The predicted octanol–water partition coefficient (Wildman–Crippen LogP) is 4.13. The normalized spacial score (nSPS) is 15.5. The van der Waals surface area contributed by atoms with E-state index in [1.54, 1.807) is 6.07 Å². The summed E-state index contributed by atoms with van der Waals surface area (Å²) in [4.78, 5) is 26.2. The zero-order valence-corrected chi connectivity index (χ0v) is 16.0. The molecule has 1 aliphatic carbocycles. The van der Waals surface area contributed by atoms with Crippen molar-refractivity contribution in [3.8, 4) is 5.75 Å². The van der Waals surface area contributed by atoms with Crippen molar-refractivity contribution in [2.45, 2.75) is 51.0 Å². The topological polar surface area (TPSA) is 62.4 Å². The Morgan fingerprint density at radius 2 is 2.04 bits per heavy atom. The van der Waals surface area contributed by atoms with E-state index in [0.29, 0.717) is 25.5 Å². The van der Waals surface area contributed by atoms with Crippen LogP contribution in [0.5, 0.6) is 5.75 Å². The van der Waals surface area contributed by atoms with Gasteiger partial charge in [-0.15, -0.1) is 0 Å². The van der Waals surface area contributed by atoms with Crippen LogP contribution in [0.4, 0.5) is 0 Å². The molecule has 6 heteroatoms. The lowest BCUT2D eigenvalue weighted by atomic mass is 9.96. The van der Waals surface area contributed by atoms with Crippen LogP contribution in [0, 0.1) is 0 Å². The molecule has 1 aliphatic rings. The highest BCUT2D eigenvalue weighted by molar-refractivity contribution is 8.11. The van der Waals surface area contributed by atoms with Gasteiger partial charge in [-0.3, -0.25) is 9.59 Å². The number of ether oxygens (including phenoxy) is 1. The summed E-state index contributed by atoms with van der Waals surface area (Å²) in [5.74, 6) is 0.754. The fourth-order valence-corrected chi connectivity index (χ4v) is 4.27. The Bertz CT molecular complexity index is 799. The van der Waals surface area contributed by atoms with Crippen LogP contribution in [0.3, 0.4) is 0 Å². The molecular weight excluding hydrogens is 348 g/mol. The second-order valence-electron chi connectivity index (χ2n) is 6.82. The van der Waals surface area contributed by atoms with Crippen LogP contribution in [0.25, 0.3) is 10.9 Å². The molecule has 0 radical (unpaired) electrons. The maximum atomic E-state index is 12.1. The Morgan fingerprint density at radius 3 is 2.85 bits per heavy atom. The molecule has 0 unspecified atom stereocenters. The molecule has 1 saturated carbocycles. The molecule has 1 N–H and O–H groups in total. The minimum atomic E-state index is -0.111. The minimum absolute atomic E-state index is 0.111. The standard InChI is InChI=1S/C20H26N2O3S/c1-22(16-6-3-2-4-7-16)26-20(24)8-5-13-25-17-10-11-18-15(14-17)9-12-19(23)21-18/h9-12,14,16H,2-8,13H2,1H3,(H,21,23). The smallest absolute Gasteiger partial charge is 0.248 e. The van der Waals surface area contributed by atoms with Crippen molar-refractivity contribution in [1.82, 2.24) is 9.29 Å². The molecule has 2 aromatic rings. The highest BCUT2D eigenvalue weighted by atomic mass is 32.2. The van der Waals surface area contributed by atoms with Crippen molar-refractivity contribution >= 4 is 28.0 Å². The lowest BCUT2D eigenvalue weighted by molar-refractivity contribution is -0.111. The predicted molar refractivity (Wildman–Crippen MR) is 107 cm³/mol. The number of hydrogen-bond acceptors (Lipinski definition) is 5. The van der Waals surface area contributed by atoms with Crippen LogP contribution in [0.15, 0.2) is 35.1 Å². The van der Waals surface area contributed by atoms with Crippen molar-refractivity contribution in [2.24, 2.45) is 0 Å².